The van der Waals surface area contributed by atoms with Gasteiger partial charge in [-0.1, -0.05) is 49.8 Å². The molecule has 0 radical (unpaired) electrons. The molecule has 1 aromatic carbocycles. The molecule has 0 spiro atoms. The van der Waals surface area contributed by atoms with Crippen molar-refractivity contribution in [3.63, 3.8) is 0 Å². The Labute approximate surface area is 103 Å². The van der Waals surface area contributed by atoms with Crippen molar-refractivity contribution in [2.75, 3.05) is 0 Å². The molecular weight excluding hydrogens is 208 g/mol. The lowest BCUT2D eigenvalue weighted by Crippen LogP contribution is -2.42. The van der Waals surface area contributed by atoms with Crippen LogP contribution in [-0.4, -0.2) is 5.78 Å². The zero-order chi connectivity index (χ0) is 12.2. The first-order chi connectivity index (χ1) is 8.03. The van der Waals surface area contributed by atoms with Gasteiger partial charge in [-0.3, -0.25) is 4.79 Å². The molecule has 0 aromatic heterocycles. The molecular formula is C16H18O. The zero-order valence-corrected chi connectivity index (χ0v) is 10.7. The Morgan fingerprint density at radius 3 is 2.35 bits per heavy atom. The van der Waals surface area contributed by atoms with Crippen LogP contribution in [0.5, 0.6) is 0 Å². The van der Waals surface area contributed by atoms with Crippen molar-refractivity contribution in [1.82, 2.24) is 0 Å². The summed E-state index contributed by atoms with van der Waals surface area (Å²) >= 11 is 0. The molecule has 0 unspecified atom stereocenters. The predicted octanol–water partition coefficient (Wildman–Crippen LogP) is 3.71. The third-order valence-corrected chi connectivity index (χ3v) is 4.77. The van der Waals surface area contributed by atoms with Gasteiger partial charge in [0.25, 0.3) is 0 Å². The van der Waals surface area contributed by atoms with Crippen LogP contribution in [0.25, 0.3) is 5.57 Å². The Bertz CT molecular complexity index is 508. The largest absolute Gasteiger partial charge is 0.299 e. The summed E-state index contributed by atoms with van der Waals surface area (Å²) in [6, 6.07) is 10.5. The van der Waals surface area contributed by atoms with E-state index in [4.69, 9.17) is 0 Å². The lowest BCUT2D eigenvalue weighted by atomic mass is 9.62. The number of carbonyl (C=O) groups is 1. The molecule has 1 heteroatoms. The highest BCUT2D eigenvalue weighted by Crippen LogP contribution is 2.60. The van der Waals surface area contributed by atoms with E-state index in [0.717, 1.165) is 6.42 Å². The van der Waals surface area contributed by atoms with E-state index in [-0.39, 0.29) is 11.3 Å². The van der Waals surface area contributed by atoms with E-state index >= 15 is 0 Å². The maximum atomic E-state index is 11.8. The Hall–Kier alpha value is -1.37. The predicted molar refractivity (Wildman–Crippen MR) is 69.4 cm³/mol. The van der Waals surface area contributed by atoms with Gasteiger partial charge in [0, 0.05) is 18.3 Å². The number of Topliss-reactive ketones (excluding diaryl/α,β-unsaturated/α-hetero) is 1. The molecule has 0 N–H and O–H groups in total. The fraction of sp³-hybridized carbons (Fsp3) is 0.438. The van der Waals surface area contributed by atoms with Gasteiger partial charge in [0.15, 0.2) is 0 Å². The monoisotopic (exact) mass is 226 g/mol. The van der Waals surface area contributed by atoms with E-state index < -0.39 is 0 Å². The Morgan fingerprint density at radius 1 is 1.18 bits per heavy atom. The third kappa shape index (κ3) is 1.28. The second-order valence-corrected chi connectivity index (χ2v) is 5.88. The summed E-state index contributed by atoms with van der Waals surface area (Å²) in [5.74, 6) is 1.16. The maximum absolute atomic E-state index is 11.8. The van der Waals surface area contributed by atoms with Crippen molar-refractivity contribution in [2.45, 2.75) is 27.2 Å². The summed E-state index contributed by atoms with van der Waals surface area (Å²) in [6.45, 7) is 6.63. The second-order valence-electron chi connectivity index (χ2n) is 5.88. The van der Waals surface area contributed by atoms with Crippen molar-refractivity contribution < 1.29 is 4.79 Å². The number of allylic oxidation sites excluding steroid dienone is 2. The van der Waals surface area contributed by atoms with Crippen LogP contribution in [0.4, 0.5) is 0 Å². The Kier molecular flexibility index (Phi) is 2.10. The van der Waals surface area contributed by atoms with Crippen LogP contribution in [0, 0.1) is 17.3 Å². The van der Waals surface area contributed by atoms with Gasteiger partial charge in [-0.15, -0.1) is 0 Å². The van der Waals surface area contributed by atoms with E-state index in [1.165, 1.54) is 16.7 Å². The highest BCUT2D eigenvalue weighted by molar-refractivity contribution is 5.97. The summed E-state index contributed by atoms with van der Waals surface area (Å²) in [5, 5.41) is 0. The van der Waals surface area contributed by atoms with Crippen LogP contribution in [0.15, 0.2) is 35.9 Å². The highest BCUT2D eigenvalue weighted by Gasteiger charge is 2.56. The van der Waals surface area contributed by atoms with Gasteiger partial charge in [0.1, 0.15) is 5.78 Å². The third-order valence-electron chi connectivity index (χ3n) is 4.77. The Morgan fingerprint density at radius 2 is 1.82 bits per heavy atom. The summed E-state index contributed by atoms with van der Waals surface area (Å²) in [7, 11) is 0. The van der Waals surface area contributed by atoms with Crippen molar-refractivity contribution in [3.8, 4) is 0 Å². The zero-order valence-electron chi connectivity index (χ0n) is 10.7. The van der Waals surface area contributed by atoms with Gasteiger partial charge in [0.05, 0.1) is 0 Å². The van der Waals surface area contributed by atoms with Gasteiger partial charge >= 0.3 is 0 Å². The molecule has 1 fully saturated rings. The average Bonchev–Trinajstić information content (AvgIpc) is 2.43. The summed E-state index contributed by atoms with van der Waals surface area (Å²) in [5.41, 5.74) is 4.19. The number of benzene rings is 1. The van der Waals surface area contributed by atoms with Crippen molar-refractivity contribution in [2.24, 2.45) is 17.3 Å². The number of hydrogen-bond donors (Lipinski definition) is 0. The fourth-order valence-corrected chi connectivity index (χ4v) is 3.61. The molecule has 0 aliphatic heterocycles. The lowest BCUT2D eigenvalue weighted by Gasteiger charge is -2.39. The molecule has 2 aliphatic rings. The molecule has 0 saturated heterocycles. The van der Waals surface area contributed by atoms with Gasteiger partial charge in [-0.2, -0.15) is 0 Å². The van der Waals surface area contributed by atoms with E-state index in [0.29, 0.717) is 11.7 Å². The molecule has 88 valence electrons. The smallest absolute Gasteiger partial charge is 0.138 e. The standard InChI is InChI=1S/C16H18O/c1-10-14(11-7-5-4-6-8-11)12-9-13(17)15(12)16(10,2)3/h4-8,12,15H,9H2,1-3H3/t12-,15+/m0/s1. The molecule has 0 amide bonds. The minimum Gasteiger partial charge on any atom is -0.299 e. The summed E-state index contributed by atoms with van der Waals surface area (Å²) in [4.78, 5) is 11.8. The van der Waals surface area contributed by atoms with Gasteiger partial charge < -0.3 is 0 Å². The van der Waals surface area contributed by atoms with Crippen LogP contribution in [-0.2, 0) is 4.79 Å². The van der Waals surface area contributed by atoms with E-state index in [9.17, 15) is 4.79 Å². The van der Waals surface area contributed by atoms with Crippen LogP contribution in [0.1, 0.15) is 32.8 Å². The molecule has 17 heavy (non-hydrogen) atoms. The van der Waals surface area contributed by atoms with Crippen LogP contribution in [0.2, 0.25) is 0 Å². The molecule has 0 heterocycles. The molecule has 2 atom stereocenters. The quantitative estimate of drug-likeness (QED) is 0.713. The number of fused-ring (bicyclic) bond motifs is 1. The van der Waals surface area contributed by atoms with Crippen LogP contribution < -0.4 is 0 Å². The number of ketones is 1. The molecule has 3 rings (SSSR count). The van der Waals surface area contributed by atoms with Crippen molar-refractivity contribution >= 4 is 11.4 Å². The van der Waals surface area contributed by atoms with E-state index in [1.807, 2.05) is 6.07 Å². The topological polar surface area (TPSA) is 17.1 Å². The molecule has 2 aliphatic carbocycles. The number of hydrogen-bond acceptors (Lipinski definition) is 1. The first-order valence-electron chi connectivity index (χ1n) is 6.33. The number of carbonyl (C=O) groups excluding carboxylic acids is 1. The highest BCUT2D eigenvalue weighted by atomic mass is 16.1. The molecule has 1 aromatic rings. The van der Waals surface area contributed by atoms with Crippen molar-refractivity contribution in [3.05, 3.63) is 41.5 Å². The first-order valence-corrected chi connectivity index (χ1v) is 6.33. The van der Waals surface area contributed by atoms with Crippen molar-refractivity contribution in [1.29, 1.82) is 0 Å². The number of rotatable bonds is 1. The van der Waals surface area contributed by atoms with Gasteiger partial charge in [0.2, 0.25) is 0 Å². The second kappa shape index (κ2) is 3.32. The minimum absolute atomic E-state index is 0.0468. The van der Waals surface area contributed by atoms with Gasteiger partial charge in [-0.05, 0) is 23.5 Å². The average molecular weight is 226 g/mol. The molecule has 1 nitrogen and oxygen atoms in total. The van der Waals surface area contributed by atoms with Crippen LogP contribution >= 0.6 is 0 Å². The molecule has 1 saturated carbocycles. The van der Waals surface area contributed by atoms with E-state index in [1.54, 1.807) is 0 Å². The SMILES string of the molecule is CC1=C(c2ccccc2)[C@@H]2CC(=O)[C@@H]2C1(C)C. The maximum Gasteiger partial charge on any atom is 0.138 e. The van der Waals surface area contributed by atoms with Gasteiger partial charge in [-0.25, -0.2) is 0 Å². The Balaban J connectivity index is 2.12. The normalized spacial score (nSPS) is 30.2. The fourth-order valence-electron chi connectivity index (χ4n) is 3.61. The van der Waals surface area contributed by atoms with Crippen LogP contribution in [0.3, 0.4) is 0 Å². The lowest BCUT2D eigenvalue weighted by molar-refractivity contribution is -0.135. The first kappa shape index (κ1) is 10.8. The molecule has 0 bridgehead atoms. The summed E-state index contributed by atoms with van der Waals surface area (Å²) < 4.78 is 0. The minimum atomic E-state index is 0.0468. The summed E-state index contributed by atoms with van der Waals surface area (Å²) in [6.07, 6.45) is 0.746. The van der Waals surface area contributed by atoms with E-state index in [2.05, 4.69) is 45.0 Å².